The van der Waals surface area contributed by atoms with Crippen LogP contribution in [0.5, 0.6) is 0 Å². The van der Waals surface area contributed by atoms with Crippen LogP contribution >= 0.6 is 0 Å². The highest BCUT2D eigenvalue weighted by Crippen LogP contribution is 2.18. The maximum Gasteiger partial charge on any atom is 0.267 e. The average molecular weight is 361 g/mol. The summed E-state index contributed by atoms with van der Waals surface area (Å²) < 4.78 is 0. The molecule has 1 aromatic heterocycles. The van der Waals surface area contributed by atoms with Gasteiger partial charge < -0.3 is 15.2 Å². The minimum absolute atomic E-state index is 0.00115. The van der Waals surface area contributed by atoms with Gasteiger partial charge >= 0.3 is 0 Å². The molecule has 0 spiro atoms. The lowest BCUT2D eigenvalue weighted by molar-refractivity contribution is 0.0900. The van der Waals surface area contributed by atoms with Crippen LogP contribution in [-0.2, 0) is 6.42 Å². The maximum absolute atomic E-state index is 12.7. The molecule has 0 aliphatic carbocycles. The van der Waals surface area contributed by atoms with Crippen LogP contribution in [0.1, 0.15) is 34.5 Å². The van der Waals surface area contributed by atoms with Crippen molar-refractivity contribution in [3.05, 3.63) is 71.4 Å². The van der Waals surface area contributed by atoms with Crippen LogP contribution in [0.15, 0.2) is 54.6 Å². The number of benzene rings is 2. The van der Waals surface area contributed by atoms with Crippen LogP contribution in [0.25, 0.3) is 10.9 Å². The predicted molar refractivity (Wildman–Crippen MR) is 110 cm³/mol. The molecule has 27 heavy (non-hydrogen) atoms. The van der Waals surface area contributed by atoms with Gasteiger partial charge in [0.1, 0.15) is 5.69 Å². The first kappa shape index (κ1) is 17.8. The number of nitrogens with zero attached hydrogens (tertiary/aromatic N) is 1. The Morgan fingerprint density at radius 2 is 2.04 bits per heavy atom. The lowest BCUT2D eigenvalue weighted by Crippen LogP contribution is -2.48. The molecule has 2 N–H and O–H groups in total. The first-order chi connectivity index (χ1) is 13.2. The Hall–Kier alpha value is -2.59. The number of carbonyl (C=O) groups is 1. The van der Waals surface area contributed by atoms with E-state index in [1.807, 2.05) is 12.1 Å². The fourth-order valence-corrected chi connectivity index (χ4v) is 3.95. The normalized spacial score (nSPS) is 17.9. The van der Waals surface area contributed by atoms with Gasteiger partial charge in [0.25, 0.3) is 5.91 Å². The molecule has 1 atom stereocenters. The van der Waals surface area contributed by atoms with Gasteiger partial charge in [-0.1, -0.05) is 42.0 Å². The van der Waals surface area contributed by atoms with Crippen molar-refractivity contribution in [2.45, 2.75) is 32.2 Å². The van der Waals surface area contributed by atoms with Crippen molar-refractivity contribution in [3.63, 3.8) is 0 Å². The van der Waals surface area contributed by atoms with E-state index < -0.39 is 0 Å². The van der Waals surface area contributed by atoms with Crippen LogP contribution in [0.4, 0.5) is 0 Å². The molecule has 0 unspecified atom stereocenters. The summed E-state index contributed by atoms with van der Waals surface area (Å²) in [5.41, 5.74) is 4.24. The van der Waals surface area contributed by atoms with Crippen molar-refractivity contribution in [2.24, 2.45) is 0 Å². The molecule has 2 aromatic carbocycles. The summed E-state index contributed by atoms with van der Waals surface area (Å²) >= 11 is 0. The Morgan fingerprint density at radius 3 is 2.89 bits per heavy atom. The molecule has 4 rings (SSSR count). The Bertz CT molecular complexity index is 916. The topological polar surface area (TPSA) is 48.1 Å². The van der Waals surface area contributed by atoms with Gasteiger partial charge in [0.15, 0.2) is 0 Å². The zero-order valence-electron chi connectivity index (χ0n) is 15.9. The lowest BCUT2D eigenvalue weighted by Gasteiger charge is -2.33. The number of likely N-dealkylation sites (tertiary alicyclic amines) is 1. The highest BCUT2D eigenvalue weighted by Gasteiger charge is 2.22. The van der Waals surface area contributed by atoms with Crippen molar-refractivity contribution >= 4 is 16.8 Å². The van der Waals surface area contributed by atoms with Gasteiger partial charge in [-0.3, -0.25) is 4.79 Å². The Balaban J connectivity index is 1.34. The number of amides is 1. The molecule has 1 aliphatic heterocycles. The molecule has 1 fully saturated rings. The van der Waals surface area contributed by atoms with Gasteiger partial charge in [-0.25, -0.2) is 0 Å². The number of nitrogens with one attached hydrogen (secondary N) is 2. The first-order valence-electron chi connectivity index (χ1n) is 9.84. The largest absolute Gasteiger partial charge is 0.351 e. The maximum atomic E-state index is 12.7. The number of aryl methyl sites for hydroxylation is 1. The zero-order chi connectivity index (χ0) is 18.6. The zero-order valence-corrected chi connectivity index (χ0v) is 15.9. The quantitative estimate of drug-likeness (QED) is 0.724. The van der Waals surface area contributed by atoms with Crippen molar-refractivity contribution in [2.75, 3.05) is 19.6 Å². The fourth-order valence-electron chi connectivity index (χ4n) is 3.95. The number of aromatic amines is 1. The number of aromatic nitrogens is 1. The average Bonchev–Trinajstić information content (AvgIpc) is 3.11. The number of hydrogen-bond donors (Lipinski definition) is 2. The number of piperidine rings is 1. The minimum atomic E-state index is -0.00115. The van der Waals surface area contributed by atoms with Crippen molar-refractivity contribution in [3.8, 4) is 0 Å². The number of H-pyrrole nitrogens is 1. The van der Waals surface area contributed by atoms with Crippen LogP contribution in [0, 0.1) is 6.92 Å². The van der Waals surface area contributed by atoms with E-state index in [0.29, 0.717) is 5.69 Å². The monoisotopic (exact) mass is 361 g/mol. The van der Waals surface area contributed by atoms with Gasteiger partial charge in [-0.2, -0.15) is 0 Å². The van der Waals surface area contributed by atoms with Crippen molar-refractivity contribution < 1.29 is 4.79 Å². The van der Waals surface area contributed by atoms with Gasteiger partial charge in [0.2, 0.25) is 0 Å². The first-order valence-corrected chi connectivity index (χ1v) is 9.84. The number of hydrogen-bond acceptors (Lipinski definition) is 2. The highest BCUT2D eigenvalue weighted by atomic mass is 16.1. The van der Waals surface area contributed by atoms with E-state index in [1.54, 1.807) is 0 Å². The summed E-state index contributed by atoms with van der Waals surface area (Å²) in [4.78, 5) is 18.4. The van der Waals surface area contributed by atoms with Crippen molar-refractivity contribution in [1.29, 1.82) is 0 Å². The second-order valence-electron chi connectivity index (χ2n) is 7.62. The van der Waals surface area contributed by atoms with E-state index in [4.69, 9.17) is 0 Å². The summed E-state index contributed by atoms with van der Waals surface area (Å²) in [6, 6.07) is 19.0. The molecule has 0 bridgehead atoms. The van der Waals surface area contributed by atoms with Crippen molar-refractivity contribution in [1.82, 2.24) is 15.2 Å². The van der Waals surface area contributed by atoms with E-state index >= 15 is 0 Å². The smallest absolute Gasteiger partial charge is 0.267 e. The molecule has 1 saturated heterocycles. The minimum Gasteiger partial charge on any atom is -0.351 e. The van der Waals surface area contributed by atoms with Gasteiger partial charge in [0.05, 0.1) is 0 Å². The Morgan fingerprint density at radius 1 is 1.19 bits per heavy atom. The number of fused-ring (bicyclic) bond motifs is 1. The third kappa shape index (κ3) is 4.40. The molecule has 1 aliphatic rings. The molecular formula is C23H27N3O. The standard InChI is InChI=1S/C23H27N3O/c1-17-9-10-21-19(14-17)15-22(25-21)23(27)24-20-8-5-12-26(16-20)13-11-18-6-3-2-4-7-18/h2-4,6-7,9-10,14-15,20,25H,5,8,11-13,16H2,1H3,(H,24,27)/t20-/m1/s1. The second-order valence-corrected chi connectivity index (χ2v) is 7.62. The lowest BCUT2D eigenvalue weighted by atomic mass is 10.0. The SMILES string of the molecule is Cc1ccc2[nH]c(C(=O)N[C@@H]3CCCN(CCc4ccccc4)C3)cc2c1. The van der Waals surface area contributed by atoms with E-state index in [2.05, 4.69) is 64.6 Å². The molecule has 3 aromatic rings. The Kier molecular flexibility index (Phi) is 5.26. The summed E-state index contributed by atoms with van der Waals surface area (Å²) in [5, 5.41) is 4.32. The van der Waals surface area contributed by atoms with Gasteiger partial charge in [0, 0.05) is 30.0 Å². The van der Waals surface area contributed by atoms with E-state index in [-0.39, 0.29) is 11.9 Å². The second kappa shape index (κ2) is 7.97. The van der Waals surface area contributed by atoms with Crippen LogP contribution in [0.2, 0.25) is 0 Å². The molecule has 0 saturated carbocycles. The van der Waals surface area contributed by atoms with Crippen LogP contribution in [0.3, 0.4) is 0 Å². The molecule has 1 amide bonds. The van der Waals surface area contributed by atoms with Gasteiger partial charge in [-0.15, -0.1) is 0 Å². The fraction of sp³-hybridized carbons (Fsp3) is 0.348. The summed E-state index contributed by atoms with van der Waals surface area (Å²) in [7, 11) is 0. The van der Waals surface area contributed by atoms with Crippen LogP contribution in [-0.4, -0.2) is 41.5 Å². The third-order valence-corrected chi connectivity index (χ3v) is 5.42. The molecule has 0 radical (unpaired) electrons. The van der Waals surface area contributed by atoms with Gasteiger partial charge in [-0.05, 0) is 56.5 Å². The summed E-state index contributed by atoms with van der Waals surface area (Å²) in [5.74, 6) is -0.00115. The summed E-state index contributed by atoms with van der Waals surface area (Å²) in [6.45, 7) is 5.16. The number of rotatable bonds is 5. The third-order valence-electron chi connectivity index (χ3n) is 5.42. The summed E-state index contributed by atoms with van der Waals surface area (Å²) in [6.07, 6.45) is 3.24. The van der Waals surface area contributed by atoms with E-state index in [0.717, 1.165) is 49.8 Å². The molecular weight excluding hydrogens is 334 g/mol. The van der Waals surface area contributed by atoms with Crippen LogP contribution < -0.4 is 5.32 Å². The van der Waals surface area contributed by atoms with E-state index in [9.17, 15) is 4.79 Å². The molecule has 4 nitrogen and oxygen atoms in total. The molecule has 2 heterocycles. The predicted octanol–water partition coefficient (Wildman–Crippen LogP) is 3.91. The van der Waals surface area contributed by atoms with E-state index in [1.165, 1.54) is 11.1 Å². The molecule has 4 heteroatoms. The Labute approximate surface area is 160 Å². The highest BCUT2D eigenvalue weighted by molar-refractivity contribution is 5.98. The number of carbonyl (C=O) groups excluding carboxylic acids is 1. The molecule has 140 valence electrons.